The summed E-state index contributed by atoms with van der Waals surface area (Å²) in [5, 5.41) is 3.26. The molecule has 0 saturated carbocycles. The number of ether oxygens (including phenoxy) is 1. The molecule has 0 spiro atoms. The van der Waals surface area contributed by atoms with Crippen LogP contribution in [0.3, 0.4) is 0 Å². The minimum atomic E-state index is 0.202. The zero-order valence-corrected chi connectivity index (χ0v) is 13.0. The summed E-state index contributed by atoms with van der Waals surface area (Å²) in [6.07, 6.45) is 0. The molecule has 0 aliphatic carbocycles. The number of carbonyl (C=O) groups excluding carboxylic acids is 1. The van der Waals surface area contributed by atoms with Crippen molar-refractivity contribution in [1.29, 1.82) is 0 Å². The molecule has 5 nitrogen and oxygen atoms in total. The Morgan fingerprint density at radius 1 is 1.33 bits per heavy atom. The second kappa shape index (κ2) is 8.00. The Morgan fingerprint density at radius 2 is 2.05 bits per heavy atom. The molecular weight excluding hydrogens is 266 g/mol. The summed E-state index contributed by atoms with van der Waals surface area (Å²) < 4.78 is 5.63. The van der Waals surface area contributed by atoms with Crippen molar-refractivity contribution < 1.29 is 9.53 Å². The molecule has 1 aromatic carbocycles. The maximum absolute atomic E-state index is 12.2. The van der Waals surface area contributed by atoms with Crippen LogP contribution in [0.5, 0.6) is 5.75 Å². The third kappa shape index (κ3) is 4.72. The predicted octanol–water partition coefficient (Wildman–Crippen LogP) is 0.949. The quantitative estimate of drug-likeness (QED) is 0.847. The van der Waals surface area contributed by atoms with E-state index < -0.39 is 0 Å². The summed E-state index contributed by atoms with van der Waals surface area (Å²) in [6, 6.07) is 8.01. The van der Waals surface area contributed by atoms with E-state index in [9.17, 15) is 4.79 Å². The molecule has 5 heteroatoms. The SMILES string of the molecule is CCOc1ccccc1CN(C)CC(=O)N1CCNCC1. The average molecular weight is 291 g/mol. The number of hydrogen-bond acceptors (Lipinski definition) is 4. The molecule has 2 rings (SSSR count). The van der Waals surface area contributed by atoms with Gasteiger partial charge in [0.05, 0.1) is 13.2 Å². The Hall–Kier alpha value is -1.59. The molecule has 21 heavy (non-hydrogen) atoms. The van der Waals surface area contributed by atoms with Gasteiger partial charge in [0.25, 0.3) is 0 Å². The minimum Gasteiger partial charge on any atom is -0.494 e. The molecule has 1 fully saturated rings. The molecule has 0 bridgehead atoms. The Kier molecular flexibility index (Phi) is 6.02. The molecule has 1 aliphatic rings. The van der Waals surface area contributed by atoms with Crippen LogP contribution in [0.15, 0.2) is 24.3 Å². The number of nitrogens with one attached hydrogen (secondary N) is 1. The third-order valence-electron chi connectivity index (χ3n) is 3.59. The van der Waals surface area contributed by atoms with E-state index in [-0.39, 0.29) is 5.91 Å². The lowest BCUT2D eigenvalue weighted by molar-refractivity contribution is -0.132. The second-order valence-electron chi connectivity index (χ2n) is 5.34. The molecule has 0 radical (unpaired) electrons. The maximum atomic E-state index is 12.2. The smallest absolute Gasteiger partial charge is 0.236 e. The van der Waals surface area contributed by atoms with Crippen molar-refractivity contribution in [1.82, 2.24) is 15.1 Å². The van der Waals surface area contributed by atoms with Gasteiger partial charge in [-0.15, -0.1) is 0 Å². The van der Waals surface area contributed by atoms with Crippen LogP contribution in [0.4, 0.5) is 0 Å². The molecule has 1 N–H and O–H groups in total. The number of amides is 1. The largest absolute Gasteiger partial charge is 0.494 e. The van der Waals surface area contributed by atoms with Crippen LogP contribution in [-0.4, -0.2) is 62.1 Å². The fourth-order valence-electron chi connectivity index (χ4n) is 2.52. The lowest BCUT2D eigenvalue weighted by Crippen LogP contribution is -2.49. The van der Waals surface area contributed by atoms with Gasteiger partial charge in [-0.3, -0.25) is 9.69 Å². The molecule has 0 atom stereocenters. The molecule has 1 amide bonds. The molecule has 1 saturated heterocycles. The zero-order valence-electron chi connectivity index (χ0n) is 13.0. The maximum Gasteiger partial charge on any atom is 0.236 e. The van der Waals surface area contributed by atoms with Gasteiger partial charge in [-0.05, 0) is 20.0 Å². The van der Waals surface area contributed by atoms with Crippen molar-refractivity contribution in [3.63, 3.8) is 0 Å². The second-order valence-corrected chi connectivity index (χ2v) is 5.34. The molecule has 1 aliphatic heterocycles. The number of benzene rings is 1. The highest BCUT2D eigenvalue weighted by molar-refractivity contribution is 5.78. The van der Waals surface area contributed by atoms with Crippen LogP contribution in [0, 0.1) is 0 Å². The van der Waals surface area contributed by atoms with E-state index in [0.717, 1.165) is 37.5 Å². The van der Waals surface area contributed by atoms with Crippen molar-refractivity contribution in [3.8, 4) is 5.75 Å². The predicted molar refractivity (Wildman–Crippen MR) is 83.4 cm³/mol. The average Bonchev–Trinajstić information content (AvgIpc) is 2.50. The highest BCUT2D eigenvalue weighted by Crippen LogP contribution is 2.19. The van der Waals surface area contributed by atoms with Crippen LogP contribution in [-0.2, 0) is 11.3 Å². The third-order valence-corrected chi connectivity index (χ3v) is 3.59. The van der Waals surface area contributed by atoms with E-state index in [1.54, 1.807) is 0 Å². The summed E-state index contributed by atoms with van der Waals surface area (Å²) >= 11 is 0. The van der Waals surface area contributed by atoms with Gasteiger partial charge < -0.3 is 15.0 Å². The van der Waals surface area contributed by atoms with Gasteiger partial charge in [0, 0.05) is 38.3 Å². The van der Waals surface area contributed by atoms with Gasteiger partial charge in [0.1, 0.15) is 5.75 Å². The lowest BCUT2D eigenvalue weighted by atomic mass is 10.2. The first-order chi connectivity index (χ1) is 10.2. The van der Waals surface area contributed by atoms with Gasteiger partial charge in [0.2, 0.25) is 5.91 Å². The molecule has 0 unspecified atom stereocenters. The normalized spacial score (nSPS) is 15.3. The Balaban J connectivity index is 1.89. The number of rotatable bonds is 6. The van der Waals surface area contributed by atoms with Crippen molar-refractivity contribution >= 4 is 5.91 Å². The first kappa shape index (κ1) is 15.8. The van der Waals surface area contributed by atoms with Crippen molar-refractivity contribution in [2.45, 2.75) is 13.5 Å². The van der Waals surface area contributed by atoms with E-state index in [2.05, 4.69) is 11.4 Å². The number of piperazine rings is 1. The minimum absolute atomic E-state index is 0.202. The standard InChI is InChI=1S/C16H25N3O2/c1-3-21-15-7-5-4-6-14(15)12-18(2)13-16(20)19-10-8-17-9-11-19/h4-7,17H,3,8-13H2,1-2H3. The van der Waals surface area contributed by atoms with E-state index in [4.69, 9.17) is 4.74 Å². The van der Waals surface area contributed by atoms with Gasteiger partial charge in [0.15, 0.2) is 0 Å². The summed E-state index contributed by atoms with van der Waals surface area (Å²) in [5.74, 6) is 1.11. The zero-order chi connectivity index (χ0) is 15.1. The number of hydrogen-bond donors (Lipinski definition) is 1. The number of nitrogens with zero attached hydrogens (tertiary/aromatic N) is 2. The Labute approximate surface area is 126 Å². The molecule has 1 heterocycles. The number of likely N-dealkylation sites (N-methyl/N-ethyl adjacent to an activating group) is 1. The first-order valence-electron chi connectivity index (χ1n) is 7.58. The van der Waals surface area contributed by atoms with Gasteiger partial charge >= 0.3 is 0 Å². The summed E-state index contributed by atoms with van der Waals surface area (Å²) in [6.45, 7) is 7.19. The fraction of sp³-hybridized carbons (Fsp3) is 0.562. The highest BCUT2D eigenvalue weighted by Gasteiger charge is 2.18. The van der Waals surface area contributed by atoms with Crippen LogP contribution in [0.1, 0.15) is 12.5 Å². The molecule has 116 valence electrons. The van der Waals surface area contributed by atoms with Crippen molar-refractivity contribution in [3.05, 3.63) is 29.8 Å². The number of para-hydroxylation sites is 1. The van der Waals surface area contributed by atoms with Crippen LogP contribution < -0.4 is 10.1 Å². The topological polar surface area (TPSA) is 44.8 Å². The van der Waals surface area contributed by atoms with E-state index >= 15 is 0 Å². The van der Waals surface area contributed by atoms with Gasteiger partial charge in [-0.25, -0.2) is 0 Å². The van der Waals surface area contributed by atoms with Crippen LogP contribution >= 0.6 is 0 Å². The first-order valence-corrected chi connectivity index (χ1v) is 7.58. The van der Waals surface area contributed by atoms with Crippen molar-refractivity contribution in [2.24, 2.45) is 0 Å². The van der Waals surface area contributed by atoms with Crippen molar-refractivity contribution in [2.75, 3.05) is 46.4 Å². The van der Waals surface area contributed by atoms with E-state index in [1.807, 2.05) is 42.0 Å². The summed E-state index contributed by atoms with van der Waals surface area (Å²) in [5.41, 5.74) is 1.12. The Bertz CT molecular complexity index is 459. The summed E-state index contributed by atoms with van der Waals surface area (Å²) in [7, 11) is 1.98. The summed E-state index contributed by atoms with van der Waals surface area (Å²) in [4.78, 5) is 16.2. The van der Waals surface area contributed by atoms with Crippen LogP contribution in [0.2, 0.25) is 0 Å². The molecule has 0 aromatic heterocycles. The number of carbonyl (C=O) groups is 1. The van der Waals surface area contributed by atoms with E-state index in [1.165, 1.54) is 0 Å². The molecular formula is C16H25N3O2. The van der Waals surface area contributed by atoms with Crippen LogP contribution in [0.25, 0.3) is 0 Å². The molecule has 1 aromatic rings. The Morgan fingerprint density at radius 3 is 2.76 bits per heavy atom. The highest BCUT2D eigenvalue weighted by atomic mass is 16.5. The van der Waals surface area contributed by atoms with Gasteiger partial charge in [-0.1, -0.05) is 18.2 Å². The monoisotopic (exact) mass is 291 g/mol. The fourth-order valence-corrected chi connectivity index (χ4v) is 2.52. The van der Waals surface area contributed by atoms with E-state index in [0.29, 0.717) is 19.7 Å². The lowest BCUT2D eigenvalue weighted by Gasteiger charge is -2.29. The van der Waals surface area contributed by atoms with Gasteiger partial charge in [-0.2, -0.15) is 0 Å².